The molecule has 2 nitrogen and oxygen atoms in total. The number of ether oxygens (including phenoxy) is 1. The van der Waals surface area contributed by atoms with Gasteiger partial charge in [0.1, 0.15) is 11.5 Å². The molecule has 126 valence electrons. The molecule has 0 aliphatic heterocycles. The van der Waals surface area contributed by atoms with Crippen molar-refractivity contribution in [2.45, 2.75) is 85.5 Å². The Morgan fingerprint density at radius 3 is 1.77 bits per heavy atom. The molecule has 0 radical (unpaired) electrons. The van der Waals surface area contributed by atoms with Gasteiger partial charge in [-0.3, -0.25) is 0 Å². The molecule has 1 N–H and O–H groups in total. The normalized spacial score (nSPS) is 10.9. The minimum Gasteiger partial charge on any atom is -0.508 e. The summed E-state index contributed by atoms with van der Waals surface area (Å²) in [6.07, 6.45) is 10.1. The van der Waals surface area contributed by atoms with Crippen LogP contribution >= 0.6 is 0 Å². The number of rotatable bonds is 11. The number of phenols is 1. The molecule has 0 bridgehead atoms. The number of hydrogen-bond donors (Lipinski definition) is 1. The Labute approximate surface area is 136 Å². The second kappa shape index (κ2) is 10.5. The summed E-state index contributed by atoms with van der Waals surface area (Å²) in [6.45, 7) is 9.32. The molecule has 0 atom stereocenters. The predicted octanol–water partition coefficient (Wildman–Crippen LogP) is 5.82. The summed E-state index contributed by atoms with van der Waals surface area (Å²) >= 11 is 0. The van der Waals surface area contributed by atoms with Crippen molar-refractivity contribution < 1.29 is 9.84 Å². The van der Waals surface area contributed by atoms with E-state index >= 15 is 0 Å². The molecule has 22 heavy (non-hydrogen) atoms. The fourth-order valence-electron chi connectivity index (χ4n) is 2.98. The Kier molecular flexibility index (Phi) is 9.03. The minimum atomic E-state index is 0.434. The van der Waals surface area contributed by atoms with E-state index in [4.69, 9.17) is 4.74 Å². The van der Waals surface area contributed by atoms with Crippen LogP contribution in [-0.4, -0.2) is 11.7 Å². The third kappa shape index (κ3) is 5.23. The molecule has 1 aromatic rings. The van der Waals surface area contributed by atoms with Gasteiger partial charge >= 0.3 is 0 Å². The van der Waals surface area contributed by atoms with E-state index in [0.29, 0.717) is 12.4 Å². The summed E-state index contributed by atoms with van der Waals surface area (Å²) in [5.74, 6) is 1.34. The highest BCUT2D eigenvalue weighted by Gasteiger charge is 2.18. The van der Waals surface area contributed by atoms with Crippen LogP contribution in [0.4, 0.5) is 0 Å². The first-order chi connectivity index (χ1) is 10.7. The fourth-order valence-corrected chi connectivity index (χ4v) is 2.98. The van der Waals surface area contributed by atoms with Crippen LogP contribution in [0.5, 0.6) is 11.5 Å². The van der Waals surface area contributed by atoms with Crippen molar-refractivity contribution in [2.75, 3.05) is 6.61 Å². The second-order valence-corrected chi connectivity index (χ2v) is 6.07. The number of phenolic OH excluding ortho intramolecular Hbond substituents is 1. The van der Waals surface area contributed by atoms with Gasteiger partial charge in [0, 0.05) is 6.07 Å². The maximum Gasteiger partial charge on any atom is 0.126 e. The average Bonchev–Trinajstić information content (AvgIpc) is 2.51. The van der Waals surface area contributed by atoms with Gasteiger partial charge in [-0.2, -0.15) is 0 Å². The molecular formula is C20H34O2. The topological polar surface area (TPSA) is 29.5 Å². The highest BCUT2D eigenvalue weighted by molar-refractivity contribution is 5.53. The summed E-state index contributed by atoms with van der Waals surface area (Å²) in [4.78, 5) is 0. The van der Waals surface area contributed by atoms with Crippen molar-refractivity contribution in [3.8, 4) is 11.5 Å². The van der Waals surface area contributed by atoms with Crippen LogP contribution in [-0.2, 0) is 19.3 Å². The molecular weight excluding hydrogens is 272 g/mol. The molecule has 0 spiro atoms. The van der Waals surface area contributed by atoms with Gasteiger partial charge in [-0.05, 0) is 62.1 Å². The summed E-state index contributed by atoms with van der Waals surface area (Å²) in [6, 6.07) is 1.86. The van der Waals surface area contributed by atoms with Gasteiger partial charge in [-0.1, -0.05) is 40.0 Å². The predicted molar refractivity (Wildman–Crippen MR) is 95.1 cm³/mol. The maximum atomic E-state index is 10.5. The lowest BCUT2D eigenvalue weighted by Crippen LogP contribution is -2.06. The lowest BCUT2D eigenvalue weighted by Gasteiger charge is -2.20. The summed E-state index contributed by atoms with van der Waals surface area (Å²) in [5, 5.41) is 10.5. The van der Waals surface area contributed by atoms with Crippen molar-refractivity contribution in [3.63, 3.8) is 0 Å². The molecule has 1 aromatic carbocycles. The van der Waals surface area contributed by atoms with E-state index in [2.05, 4.69) is 20.8 Å². The highest BCUT2D eigenvalue weighted by Crippen LogP contribution is 2.36. The van der Waals surface area contributed by atoms with Gasteiger partial charge < -0.3 is 9.84 Å². The third-order valence-electron chi connectivity index (χ3n) is 4.24. The zero-order valence-electron chi connectivity index (χ0n) is 15.0. The second-order valence-electron chi connectivity index (χ2n) is 6.07. The number of unbranched alkanes of at least 4 members (excludes halogenated alkanes) is 3. The standard InChI is InChI=1S/C20H34O2/c1-5-9-12-16-17(13-10-6-2)19(21)15-20(22-8-4)18(16)14-11-7-3/h15,21H,5-14H2,1-4H3. The molecule has 0 heterocycles. The minimum absolute atomic E-state index is 0.434. The average molecular weight is 306 g/mol. The van der Waals surface area contributed by atoms with Gasteiger partial charge in [0.2, 0.25) is 0 Å². The largest absolute Gasteiger partial charge is 0.508 e. The molecule has 2 heteroatoms. The Morgan fingerprint density at radius 2 is 1.27 bits per heavy atom. The van der Waals surface area contributed by atoms with E-state index in [1.165, 1.54) is 42.4 Å². The fraction of sp³-hybridized carbons (Fsp3) is 0.700. The van der Waals surface area contributed by atoms with E-state index in [-0.39, 0.29) is 0 Å². The Bertz CT molecular complexity index is 438. The summed E-state index contributed by atoms with van der Waals surface area (Å²) in [5.41, 5.74) is 3.89. The molecule has 0 aliphatic rings. The lowest BCUT2D eigenvalue weighted by atomic mass is 9.89. The number of hydrogen-bond acceptors (Lipinski definition) is 2. The van der Waals surface area contributed by atoms with Gasteiger partial charge in [0.25, 0.3) is 0 Å². The molecule has 1 rings (SSSR count). The monoisotopic (exact) mass is 306 g/mol. The Morgan fingerprint density at radius 1 is 0.773 bits per heavy atom. The zero-order chi connectivity index (χ0) is 16.4. The summed E-state index contributed by atoms with van der Waals surface area (Å²) in [7, 11) is 0. The first-order valence-electron chi connectivity index (χ1n) is 9.18. The van der Waals surface area contributed by atoms with Crippen molar-refractivity contribution in [1.82, 2.24) is 0 Å². The summed E-state index contributed by atoms with van der Waals surface area (Å²) < 4.78 is 5.83. The van der Waals surface area contributed by atoms with E-state index < -0.39 is 0 Å². The number of aromatic hydroxyl groups is 1. The van der Waals surface area contributed by atoms with E-state index in [9.17, 15) is 5.11 Å². The molecule has 0 unspecified atom stereocenters. The van der Waals surface area contributed by atoms with Crippen LogP contribution in [0, 0.1) is 0 Å². The van der Waals surface area contributed by atoms with Crippen molar-refractivity contribution in [3.05, 3.63) is 22.8 Å². The van der Waals surface area contributed by atoms with Crippen LogP contribution < -0.4 is 4.74 Å². The zero-order valence-corrected chi connectivity index (χ0v) is 15.0. The lowest BCUT2D eigenvalue weighted by molar-refractivity contribution is 0.332. The highest BCUT2D eigenvalue weighted by atomic mass is 16.5. The molecule has 0 amide bonds. The van der Waals surface area contributed by atoms with Gasteiger partial charge in [-0.15, -0.1) is 0 Å². The molecule has 0 aromatic heterocycles. The molecule has 0 fully saturated rings. The Hall–Kier alpha value is -1.18. The van der Waals surface area contributed by atoms with Gasteiger partial charge in [0.05, 0.1) is 6.61 Å². The van der Waals surface area contributed by atoms with Crippen LogP contribution in [0.25, 0.3) is 0 Å². The van der Waals surface area contributed by atoms with E-state index in [1.54, 1.807) is 0 Å². The van der Waals surface area contributed by atoms with Crippen LogP contribution in [0.2, 0.25) is 0 Å². The molecule has 0 saturated carbocycles. The van der Waals surface area contributed by atoms with Crippen LogP contribution in [0.15, 0.2) is 6.07 Å². The van der Waals surface area contributed by atoms with Crippen LogP contribution in [0.3, 0.4) is 0 Å². The Balaban J connectivity index is 3.28. The third-order valence-corrected chi connectivity index (χ3v) is 4.24. The van der Waals surface area contributed by atoms with Crippen LogP contribution in [0.1, 0.15) is 82.9 Å². The molecule has 0 aliphatic carbocycles. The maximum absolute atomic E-state index is 10.5. The van der Waals surface area contributed by atoms with Gasteiger partial charge in [-0.25, -0.2) is 0 Å². The SMILES string of the molecule is CCCCc1c(O)cc(OCC)c(CCCC)c1CCCC. The first kappa shape index (κ1) is 18.9. The smallest absolute Gasteiger partial charge is 0.126 e. The van der Waals surface area contributed by atoms with Crippen molar-refractivity contribution >= 4 is 0 Å². The van der Waals surface area contributed by atoms with E-state index in [0.717, 1.165) is 37.9 Å². The quantitative estimate of drug-likeness (QED) is 0.558. The van der Waals surface area contributed by atoms with E-state index in [1.807, 2.05) is 13.0 Å². The number of benzene rings is 1. The van der Waals surface area contributed by atoms with Gasteiger partial charge in [0.15, 0.2) is 0 Å². The first-order valence-corrected chi connectivity index (χ1v) is 9.18. The van der Waals surface area contributed by atoms with Crippen molar-refractivity contribution in [2.24, 2.45) is 0 Å². The van der Waals surface area contributed by atoms with Crippen molar-refractivity contribution in [1.29, 1.82) is 0 Å². The molecule has 0 saturated heterocycles.